The van der Waals surface area contributed by atoms with E-state index in [9.17, 15) is 0 Å². The SMILES string of the molecule is COc1cc2ncnc(/C=C/c3ccccc3)c2cc1OC. The van der Waals surface area contributed by atoms with Gasteiger partial charge >= 0.3 is 0 Å². The van der Waals surface area contributed by atoms with Crippen molar-refractivity contribution >= 4 is 23.1 Å². The first-order valence-corrected chi connectivity index (χ1v) is 6.91. The molecule has 0 fully saturated rings. The molecule has 0 aliphatic heterocycles. The molecule has 0 aliphatic rings. The van der Waals surface area contributed by atoms with E-state index in [1.165, 1.54) is 0 Å². The monoisotopic (exact) mass is 292 g/mol. The first-order valence-electron chi connectivity index (χ1n) is 6.91. The zero-order chi connectivity index (χ0) is 15.4. The van der Waals surface area contributed by atoms with Crippen LogP contribution in [-0.2, 0) is 0 Å². The Morgan fingerprint density at radius 1 is 0.864 bits per heavy atom. The summed E-state index contributed by atoms with van der Waals surface area (Å²) in [6.45, 7) is 0. The summed E-state index contributed by atoms with van der Waals surface area (Å²) >= 11 is 0. The van der Waals surface area contributed by atoms with Gasteiger partial charge in [-0.15, -0.1) is 0 Å². The highest BCUT2D eigenvalue weighted by Gasteiger charge is 2.09. The molecule has 110 valence electrons. The quantitative estimate of drug-likeness (QED) is 0.733. The Morgan fingerprint density at radius 2 is 1.59 bits per heavy atom. The molecule has 4 heteroatoms. The lowest BCUT2D eigenvalue weighted by molar-refractivity contribution is 0.356. The van der Waals surface area contributed by atoms with Gasteiger partial charge in [-0.3, -0.25) is 0 Å². The van der Waals surface area contributed by atoms with Crippen molar-refractivity contribution in [3.63, 3.8) is 0 Å². The highest BCUT2D eigenvalue weighted by Crippen LogP contribution is 2.32. The fraction of sp³-hybridized carbons (Fsp3) is 0.111. The van der Waals surface area contributed by atoms with Crippen molar-refractivity contribution in [2.75, 3.05) is 14.2 Å². The molecule has 3 rings (SSSR count). The van der Waals surface area contributed by atoms with E-state index < -0.39 is 0 Å². The van der Waals surface area contributed by atoms with Gasteiger partial charge in [-0.1, -0.05) is 36.4 Å². The van der Waals surface area contributed by atoms with E-state index in [4.69, 9.17) is 9.47 Å². The Bertz CT molecular complexity index is 814. The van der Waals surface area contributed by atoms with Crippen molar-refractivity contribution in [1.82, 2.24) is 9.97 Å². The Balaban J connectivity index is 2.08. The molecule has 0 bridgehead atoms. The van der Waals surface area contributed by atoms with Crippen LogP contribution in [-0.4, -0.2) is 24.2 Å². The first-order chi connectivity index (χ1) is 10.8. The number of nitrogens with zero attached hydrogens (tertiary/aromatic N) is 2. The van der Waals surface area contributed by atoms with Crippen LogP contribution in [0, 0.1) is 0 Å². The Kier molecular flexibility index (Phi) is 4.01. The third kappa shape index (κ3) is 2.76. The Morgan fingerprint density at radius 3 is 2.32 bits per heavy atom. The maximum atomic E-state index is 5.36. The maximum Gasteiger partial charge on any atom is 0.162 e. The number of hydrogen-bond donors (Lipinski definition) is 0. The van der Waals surface area contributed by atoms with Crippen LogP contribution in [0.15, 0.2) is 48.8 Å². The van der Waals surface area contributed by atoms with Crippen LogP contribution in [0.5, 0.6) is 11.5 Å². The summed E-state index contributed by atoms with van der Waals surface area (Å²) in [4.78, 5) is 8.66. The summed E-state index contributed by atoms with van der Waals surface area (Å²) in [7, 11) is 3.23. The van der Waals surface area contributed by atoms with Gasteiger partial charge in [0.05, 0.1) is 25.4 Å². The molecule has 0 unspecified atom stereocenters. The number of ether oxygens (including phenoxy) is 2. The van der Waals surface area contributed by atoms with Gasteiger partial charge in [-0.2, -0.15) is 0 Å². The maximum absolute atomic E-state index is 5.36. The lowest BCUT2D eigenvalue weighted by Gasteiger charge is -2.09. The number of fused-ring (bicyclic) bond motifs is 1. The van der Waals surface area contributed by atoms with Crippen molar-refractivity contribution in [2.24, 2.45) is 0 Å². The minimum atomic E-state index is 0.659. The van der Waals surface area contributed by atoms with E-state index in [1.807, 2.05) is 54.6 Å². The number of benzene rings is 2. The van der Waals surface area contributed by atoms with Gasteiger partial charge in [0.15, 0.2) is 11.5 Å². The lowest BCUT2D eigenvalue weighted by Crippen LogP contribution is -1.94. The molecule has 0 radical (unpaired) electrons. The number of rotatable bonds is 4. The summed E-state index contributed by atoms with van der Waals surface area (Å²) in [5.41, 5.74) is 2.78. The molecule has 0 aliphatic carbocycles. The van der Waals surface area contributed by atoms with Gasteiger partial charge < -0.3 is 9.47 Å². The Hall–Kier alpha value is -2.88. The molecule has 0 saturated carbocycles. The molecular formula is C18H16N2O2. The third-order valence-electron chi connectivity index (χ3n) is 3.40. The summed E-state index contributed by atoms with van der Waals surface area (Å²) in [6.07, 6.45) is 5.56. The largest absolute Gasteiger partial charge is 0.493 e. The fourth-order valence-corrected chi connectivity index (χ4v) is 2.28. The standard InChI is InChI=1S/C18H16N2O2/c1-21-17-10-14-15(9-8-13-6-4-3-5-7-13)19-12-20-16(14)11-18(17)22-2/h3-12H,1-2H3/b9-8+. The topological polar surface area (TPSA) is 44.2 Å². The van der Waals surface area contributed by atoms with Crippen LogP contribution < -0.4 is 9.47 Å². The normalized spacial score (nSPS) is 11.0. The molecule has 2 aromatic carbocycles. The van der Waals surface area contributed by atoms with Crippen LogP contribution in [0.3, 0.4) is 0 Å². The van der Waals surface area contributed by atoms with Gasteiger partial charge in [0.25, 0.3) is 0 Å². The summed E-state index contributed by atoms with van der Waals surface area (Å²) in [5.74, 6) is 1.32. The average Bonchev–Trinajstić information content (AvgIpc) is 2.59. The minimum absolute atomic E-state index is 0.659. The van der Waals surface area contributed by atoms with E-state index in [0.717, 1.165) is 22.2 Å². The molecule has 4 nitrogen and oxygen atoms in total. The molecule has 0 saturated heterocycles. The molecule has 1 heterocycles. The summed E-state index contributed by atoms with van der Waals surface area (Å²) in [5, 5.41) is 0.923. The molecule has 0 atom stereocenters. The molecule has 22 heavy (non-hydrogen) atoms. The molecule has 0 amide bonds. The molecule has 1 aromatic heterocycles. The number of methoxy groups -OCH3 is 2. The van der Waals surface area contributed by atoms with E-state index in [2.05, 4.69) is 9.97 Å². The smallest absolute Gasteiger partial charge is 0.162 e. The van der Waals surface area contributed by atoms with Crippen molar-refractivity contribution in [2.45, 2.75) is 0 Å². The van der Waals surface area contributed by atoms with E-state index in [0.29, 0.717) is 11.5 Å². The average molecular weight is 292 g/mol. The molecular weight excluding hydrogens is 276 g/mol. The molecule has 0 N–H and O–H groups in total. The predicted octanol–water partition coefficient (Wildman–Crippen LogP) is 3.82. The van der Waals surface area contributed by atoms with Gasteiger partial charge in [0.1, 0.15) is 6.33 Å². The fourth-order valence-electron chi connectivity index (χ4n) is 2.28. The van der Waals surface area contributed by atoms with E-state index >= 15 is 0 Å². The third-order valence-corrected chi connectivity index (χ3v) is 3.40. The Labute approximate surface area is 129 Å². The highest BCUT2D eigenvalue weighted by atomic mass is 16.5. The molecule has 0 spiro atoms. The number of hydrogen-bond acceptors (Lipinski definition) is 4. The van der Waals surface area contributed by atoms with Crippen LogP contribution in [0.4, 0.5) is 0 Å². The van der Waals surface area contributed by atoms with Crippen LogP contribution >= 0.6 is 0 Å². The van der Waals surface area contributed by atoms with E-state index in [1.54, 1.807) is 20.5 Å². The van der Waals surface area contributed by atoms with Crippen LogP contribution in [0.2, 0.25) is 0 Å². The predicted molar refractivity (Wildman–Crippen MR) is 88.0 cm³/mol. The van der Waals surface area contributed by atoms with Crippen LogP contribution in [0.1, 0.15) is 11.3 Å². The second kappa shape index (κ2) is 6.26. The van der Waals surface area contributed by atoms with Crippen molar-refractivity contribution in [3.05, 3.63) is 60.0 Å². The van der Waals surface area contributed by atoms with Gasteiger partial charge in [-0.25, -0.2) is 9.97 Å². The minimum Gasteiger partial charge on any atom is -0.493 e. The second-order valence-corrected chi connectivity index (χ2v) is 4.73. The highest BCUT2D eigenvalue weighted by molar-refractivity contribution is 5.91. The zero-order valence-electron chi connectivity index (χ0n) is 12.5. The lowest BCUT2D eigenvalue weighted by atomic mass is 10.1. The van der Waals surface area contributed by atoms with Gasteiger partial charge in [-0.05, 0) is 17.7 Å². The molecule has 3 aromatic rings. The number of aromatic nitrogens is 2. The van der Waals surface area contributed by atoms with Crippen molar-refractivity contribution in [3.8, 4) is 11.5 Å². The zero-order valence-corrected chi connectivity index (χ0v) is 12.5. The summed E-state index contributed by atoms with van der Waals surface area (Å²) < 4.78 is 10.7. The summed E-state index contributed by atoms with van der Waals surface area (Å²) in [6, 6.07) is 13.9. The van der Waals surface area contributed by atoms with Gasteiger partial charge in [0.2, 0.25) is 0 Å². The van der Waals surface area contributed by atoms with Gasteiger partial charge in [0, 0.05) is 11.5 Å². The van der Waals surface area contributed by atoms with E-state index in [-0.39, 0.29) is 0 Å². The van der Waals surface area contributed by atoms with Crippen molar-refractivity contribution < 1.29 is 9.47 Å². The second-order valence-electron chi connectivity index (χ2n) is 4.73. The first kappa shape index (κ1) is 14.1. The van der Waals surface area contributed by atoms with Crippen LogP contribution in [0.25, 0.3) is 23.1 Å². The van der Waals surface area contributed by atoms with Crippen molar-refractivity contribution in [1.29, 1.82) is 0 Å².